The maximum absolute atomic E-state index is 13.3. The largest absolute Gasteiger partial charge is 0.279 e. The van der Waals surface area contributed by atoms with E-state index in [-0.39, 0.29) is 13.1 Å². The predicted molar refractivity (Wildman–Crippen MR) is 81.5 cm³/mol. The van der Waals surface area contributed by atoms with Crippen molar-refractivity contribution in [1.29, 1.82) is 0 Å². The van der Waals surface area contributed by atoms with E-state index >= 15 is 0 Å². The van der Waals surface area contributed by atoms with Gasteiger partial charge in [0.1, 0.15) is 5.82 Å². The van der Waals surface area contributed by atoms with Crippen molar-refractivity contribution in [1.82, 2.24) is 4.98 Å². The highest BCUT2D eigenvalue weighted by Crippen LogP contribution is 2.30. The van der Waals surface area contributed by atoms with Gasteiger partial charge in [-0.1, -0.05) is 22.9 Å². The van der Waals surface area contributed by atoms with Crippen molar-refractivity contribution in [2.24, 2.45) is 0 Å². The summed E-state index contributed by atoms with van der Waals surface area (Å²) in [6.45, 7) is 3.17. The predicted octanol–water partition coefficient (Wildman–Crippen LogP) is 4.12. The number of benzene rings is 1. The van der Waals surface area contributed by atoms with Crippen LogP contribution in [0.15, 0.2) is 20.8 Å². The van der Waals surface area contributed by atoms with E-state index in [1.165, 1.54) is 12.1 Å². The van der Waals surface area contributed by atoms with Crippen LogP contribution in [-0.2, 0) is 10.0 Å². The monoisotopic (exact) mass is 398 g/mol. The molecule has 108 valence electrons. The summed E-state index contributed by atoms with van der Waals surface area (Å²) in [7, 11) is -3.80. The molecule has 20 heavy (non-hydrogen) atoms. The van der Waals surface area contributed by atoms with Crippen molar-refractivity contribution >= 4 is 54.6 Å². The Morgan fingerprint density at radius 3 is 2.60 bits per heavy atom. The molecule has 1 aromatic heterocycles. The maximum Gasteiger partial charge on any atom is 0.273 e. The van der Waals surface area contributed by atoms with Crippen molar-refractivity contribution in [2.45, 2.75) is 18.1 Å². The zero-order valence-corrected chi connectivity index (χ0v) is 14.3. The molecule has 0 radical (unpaired) electrons. The molecule has 2 rings (SSSR count). The molecule has 0 saturated carbocycles. The molecule has 0 bridgehead atoms. The van der Waals surface area contributed by atoms with Crippen LogP contribution in [0.25, 0.3) is 0 Å². The van der Waals surface area contributed by atoms with E-state index in [2.05, 4.69) is 25.6 Å². The average Bonchev–Trinajstić information content (AvgIpc) is 2.66. The summed E-state index contributed by atoms with van der Waals surface area (Å²) in [5.41, 5.74) is 1.09. The quantitative estimate of drug-likeness (QED) is 0.845. The number of hydrogen-bond donors (Lipinski definition) is 1. The molecule has 0 amide bonds. The van der Waals surface area contributed by atoms with Crippen molar-refractivity contribution in [3.05, 3.63) is 38.1 Å². The number of aromatic nitrogens is 1. The molecule has 4 nitrogen and oxygen atoms in total. The number of hydrogen-bond acceptors (Lipinski definition) is 4. The summed E-state index contributed by atoms with van der Waals surface area (Å²) in [5.74, 6) is -0.456. The van der Waals surface area contributed by atoms with Crippen LogP contribution in [-0.4, -0.2) is 13.4 Å². The summed E-state index contributed by atoms with van der Waals surface area (Å²) in [6.07, 6.45) is 0. The minimum absolute atomic E-state index is 0.0438. The number of aryl methyl sites for hydroxylation is 2. The summed E-state index contributed by atoms with van der Waals surface area (Å²) < 4.78 is 40.7. The van der Waals surface area contributed by atoms with Gasteiger partial charge in [0, 0.05) is 0 Å². The van der Waals surface area contributed by atoms with Gasteiger partial charge in [0.15, 0.2) is 8.68 Å². The van der Waals surface area contributed by atoms with Gasteiger partial charge in [0.25, 0.3) is 10.0 Å². The second kappa shape index (κ2) is 5.59. The first kappa shape index (κ1) is 15.7. The molecule has 0 atom stereocenters. The van der Waals surface area contributed by atoms with Gasteiger partial charge in [-0.25, -0.2) is 17.8 Å². The molecule has 1 N–H and O–H groups in total. The highest BCUT2D eigenvalue weighted by Gasteiger charge is 2.22. The first-order valence-corrected chi connectivity index (χ1v) is 8.79. The fourth-order valence-electron chi connectivity index (χ4n) is 1.55. The molecular formula is C11H9BrClFN2O2S2. The first-order valence-electron chi connectivity index (χ1n) is 5.32. The molecule has 2 aromatic rings. The summed E-state index contributed by atoms with van der Waals surface area (Å²) in [4.78, 5) is 3.87. The number of thiazole rings is 1. The Kier molecular flexibility index (Phi) is 4.38. The molecule has 0 fully saturated rings. The van der Waals surface area contributed by atoms with E-state index in [0.29, 0.717) is 16.9 Å². The minimum atomic E-state index is -3.80. The third-order valence-electron chi connectivity index (χ3n) is 2.48. The second-order valence-electron chi connectivity index (χ2n) is 4.03. The Morgan fingerprint density at radius 2 is 2.05 bits per heavy atom. The van der Waals surface area contributed by atoms with Crippen LogP contribution >= 0.6 is 38.9 Å². The molecule has 0 saturated heterocycles. The van der Waals surface area contributed by atoms with E-state index in [1.54, 1.807) is 13.8 Å². The zero-order valence-electron chi connectivity index (χ0n) is 10.4. The van der Waals surface area contributed by atoms with Crippen molar-refractivity contribution < 1.29 is 12.8 Å². The van der Waals surface area contributed by atoms with Gasteiger partial charge in [-0.3, -0.25) is 4.72 Å². The Labute approximate surface area is 133 Å². The van der Waals surface area contributed by atoms with Crippen molar-refractivity contribution in [3.8, 4) is 0 Å². The topological polar surface area (TPSA) is 59.1 Å². The summed E-state index contributed by atoms with van der Waals surface area (Å²) in [5, 5.41) is 0. The Balaban J connectivity index is 2.43. The SMILES string of the molecule is Cc1cc(F)c(Br)cc1NS(=O)(=O)c1sc(Cl)nc1C. The van der Waals surface area contributed by atoms with E-state index < -0.39 is 15.8 Å². The van der Waals surface area contributed by atoms with Crippen LogP contribution in [0.2, 0.25) is 4.47 Å². The standard InChI is InChI=1S/C11H9BrClFN2O2S2/c1-5-3-8(14)7(12)4-9(5)16-20(17,18)10-6(2)15-11(13)19-10/h3-4,16H,1-2H3. The number of nitrogens with one attached hydrogen (secondary N) is 1. The third-order valence-corrected chi connectivity index (χ3v) is 6.33. The molecule has 0 aliphatic carbocycles. The first-order chi connectivity index (χ1) is 9.20. The van der Waals surface area contributed by atoms with Crippen molar-refractivity contribution in [2.75, 3.05) is 4.72 Å². The highest BCUT2D eigenvalue weighted by molar-refractivity contribution is 9.10. The maximum atomic E-state index is 13.3. The summed E-state index contributed by atoms with van der Waals surface area (Å²) >= 11 is 9.60. The lowest BCUT2D eigenvalue weighted by atomic mass is 10.2. The molecule has 0 aliphatic heterocycles. The Bertz CT molecular complexity index is 777. The van der Waals surface area contributed by atoms with Gasteiger partial charge >= 0.3 is 0 Å². The number of halogens is 3. The fraction of sp³-hybridized carbons (Fsp3) is 0.182. The van der Waals surface area contributed by atoms with E-state index in [1.807, 2.05) is 0 Å². The molecule has 1 aromatic carbocycles. The van der Waals surface area contributed by atoms with E-state index in [9.17, 15) is 12.8 Å². The van der Waals surface area contributed by atoms with Gasteiger partial charge in [-0.15, -0.1) is 0 Å². The Hall–Kier alpha value is -0.700. The lowest BCUT2D eigenvalue weighted by Crippen LogP contribution is -2.13. The Morgan fingerprint density at radius 1 is 1.40 bits per heavy atom. The van der Waals surface area contributed by atoms with E-state index in [4.69, 9.17) is 11.6 Å². The van der Waals surface area contributed by atoms with Crippen LogP contribution in [0.5, 0.6) is 0 Å². The molecule has 0 unspecified atom stereocenters. The van der Waals surface area contributed by atoms with Crippen LogP contribution in [0.4, 0.5) is 10.1 Å². The second-order valence-corrected chi connectivity index (χ2v) is 8.34. The minimum Gasteiger partial charge on any atom is -0.279 e. The molecule has 0 spiro atoms. The fourth-order valence-corrected chi connectivity index (χ4v) is 4.75. The number of rotatable bonds is 3. The van der Waals surface area contributed by atoms with Gasteiger partial charge in [0.2, 0.25) is 0 Å². The van der Waals surface area contributed by atoms with Crippen LogP contribution in [0, 0.1) is 19.7 Å². The molecule has 1 heterocycles. The van der Waals surface area contributed by atoms with Crippen LogP contribution in [0.1, 0.15) is 11.3 Å². The third kappa shape index (κ3) is 3.13. The van der Waals surface area contributed by atoms with Gasteiger partial charge in [-0.2, -0.15) is 0 Å². The molecule has 0 aliphatic rings. The highest BCUT2D eigenvalue weighted by atomic mass is 79.9. The zero-order chi connectivity index (χ0) is 15.1. The van der Waals surface area contributed by atoms with Crippen LogP contribution < -0.4 is 4.72 Å². The number of anilines is 1. The molecule has 9 heteroatoms. The smallest absolute Gasteiger partial charge is 0.273 e. The van der Waals surface area contributed by atoms with Gasteiger partial charge in [-0.05, 0) is 47.5 Å². The molecular weight excluding hydrogens is 391 g/mol. The van der Waals surface area contributed by atoms with E-state index in [0.717, 1.165) is 11.3 Å². The average molecular weight is 400 g/mol. The lowest BCUT2D eigenvalue weighted by molar-refractivity contribution is 0.602. The van der Waals surface area contributed by atoms with Gasteiger partial charge < -0.3 is 0 Å². The van der Waals surface area contributed by atoms with Gasteiger partial charge in [0.05, 0.1) is 15.9 Å². The van der Waals surface area contributed by atoms with Crippen LogP contribution in [0.3, 0.4) is 0 Å². The normalized spacial score (nSPS) is 11.7. The summed E-state index contributed by atoms with van der Waals surface area (Å²) in [6, 6.07) is 2.62. The lowest BCUT2D eigenvalue weighted by Gasteiger charge is -2.10. The van der Waals surface area contributed by atoms with Crippen molar-refractivity contribution in [3.63, 3.8) is 0 Å². The number of nitrogens with zero attached hydrogens (tertiary/aromatic N) is 1. The number of sulfonamides is 1.